The van der Waals surface area contributed by atoms with E-state index in [1.807, 2.05) is 0 Å². The predicted octanol–water partition coefficient (Wildman–Crippen LogP) is -0.249. The zero-order chi connectivity index (χ0) is 15.3. The highest BCUT2D eigenvalue weighted by molar-refractivity contribution is 6.21. The SMILES string of the molecule is CN1C(=O)c2ccc(N3CC(C(N)=O)CC3=O)cc2C1=O. The number of amides is 4. The smallest absolute Gasteiger partial charge is 0.261 e. The molecule has 2 N–H and O–H groups in total. The molecule has 2 aliphatic rings. The van der Waals surface area contributed by atoms with E-state index in [0.717, 1.165) is 4.90 Å². The summed E-state index contributed by atoms with van der Waals surface area (Å²) >= 11 is 0. The maximum absolute atomic E-state index is 12.0. The number of carbonyl (C=O) groups excluding carboxylic acids is 4. The Kier molecular flexibility index (Phi) is 2.79. The van der Waals surface area contributed by atoms with Crippen molar-refractivity contribution >= 4 is 29.3 Å². The molecule has 0 aromatic heterocycles. The van der Waals surface area contributed by atoms with Gasteiger partial charge in [-0.15, -0.1) is 0 Å². The van der Waals surface area contributed by atoms with Crippen LogP contribution in [0.3, 0.4) is 0 Å². The second kappa shape index (κ2) is 4.41. The average Bonchev–Trinajstić information content (AvgIpc) is 2.94. The summed E-state index contributed by atoms with van der Waals surface area (Å²) < 4.78 is 0. The number of rotatable bonds is 2. The highest BCUT2D eigenvalue weighted by Gasteiger charge is 2.37. The van der Waals surface area contributed by atoms with Crippen LogP contribution in [0.15, 0.2) is 18.2 Å². The van der Waals surface area contributed by atoms with Gasteiger partial charge in [-0.25, -0.2) is 0 Å². The van der Waals surface area contributed by atoms with Crippen LogP contribution in [0.25, 0.3) is 0 Å². The first-order valence-corrected chi connectivity index (χ1v) is 6.46. The fourth-order valence-corrected chi connectivity index (χ4v) is 2.66. The third-order valence-electron chi connectivity index (χ3n) is 3.91. The van der Waals surface area contributed by atoms with E-state index >= 15 is 0 Å². The van der Waals surface area contributed by atoms with Gasteiger partial charge in [0.15, 0.2) is 0 Å². The summed E-state index contributed by atoms with van der Waals surface area (Å²) in [4.78, 5) is 49.4. The molecule has 4 amide bonds. The number of carbonyl (C=O) groups is 4. The molecule has 0 aliphatic carbocycles. The number of nitrogens with zero attached hydrogens (tertiary/aromatic N) is 2. The quantitative estimate of drug-likeness (QED) is 0.758. The largest absolute Gasteiger partial charge is 0.369 e. The third kappa shape index (κ3) is 1.89. The predicted molar refractivity (Wildman–Crippen MR) is 72.5 cm³/mol. The third-order valence-corrected chi connectivity index (χ3v) is 3.91. The standard InChI is InChI=1S/C14H13N3O4/c1-16-13(20)9-3-2-8(5-10(9)14(16)21)17-6-7(12(15)19)4-11(17)18/h2-3,5,7H,4,6H2,1H3,(H2,15,19). The summed E-state index contributed by atoms with van der Waals surface area (Å²) in [5, 5.41) is 0. The van der Waals surface area contributed by atoms with Crippen molar-refractivity contribution in [3.8, 4) is 0 Å². The minimum absolute atomic E-state index is 0.0686. The number of hydrogen-bond donors (Lipinski definition) is 1. The molecule has 3 rings (SSSR count). The van der Waals surface area contributed by atoms with E-state index in [4.69, 9.17) is 5.73 Å². The number of hydrogen-bond acceptors (Lipinski definition) is 4. The van der Waals surface area contributed by atoms with Crippen molar-refractivity contribution in [1.29, 1.82) is 0 Å². The number of imide groups is 1. The van der Waals surface area contributed by atoms with Crippen molar-refractivity contribution in [2.75, 3.05) is 18.5 Å². The van der Waals surface area contributed by atoms with Gasteiger partial charge >= 0.3 is 0 Å². The van der Waals surface area contributed by atoms with E-state index in [1.54, 1.807) is 6.07 Å². The van der Waals surface area contributed by atoms with Crippen LogP contribution in [0.1, 0.15) is 27.1 Å². The molecule has 1 aromatic carbocycles. The van der Waals surface area contributed by atoms with Gasteiger partial charge < -0.3 is 10.6 Å². The van der Waals surface area contributed by atoms with E-state index in [-0.39, 0.29) is 30.3 Å². The minimum atomic E-state index is -0.522. The van der Waals surface area contributed by atoms with Gasteiger partial charge in [0.2, 0.25) is 11.8 Å². The molecule has 1 atom stereocenters. The van der Waals surface area contributed by atoms with Gasteiger partial charge in [0, 0.05) is 25.7 Å². The molecule has 0 saturated carbocycles. The summed E-state index contributed by atoms with van der Waals surface area (Å²) in [6.45, 7) is 0.199. The van der Waals surface area contributed by atoms with Crippen LogP contribution in [0.4, 0.5) is 5.69 Å². The number of nitrogens with two attached hydrogens (primary N) is 1. The Morgan fingerprint density at radius 2 is 1.86 bits per heavy atom. The fourth-order valence-electron chi connectivity index (χ4n) is 2.66. The summed E-state index contributed by atoms with van der Waals surface area (Å²) in [6, 6.07) is 4.64. The average molecular weight is 287 g/mol. The van der Waals surface area contributed by atoms with E-state index in [1.165, 1.54) is 24.1 Å². The lowest BCUT2D eigenvalue weighted by Gasteiger charge is -2.16. The fraction of sp³-hybridized carbons (Fsp3) is 0.286. The van der Waals surface area contributed by atoms with Crippen LogP contribution in [0, 0.1) is 5.92 Å². The Bertz CT molecular complexity index is 697. The molecule has 21 heavy (non-hydrogen) atoms. The first kappa shape index (κ1) is 13.3. The van der Waals surface area contributed by atoms with Crippen molar-refractivity contribution in [2.45, 2.75) is 6.42 Å². The Hall–Kier alpha value is -2.70. The zero-order valence-electron chi connectivity index (χ0n) is 11.3. The number of fused-ring (bicyclic) bond motifs is 1. The normalized spacial score (nSPS) is 21.2. The number of benzene rings is 1. The van der Waals surface area contributed by atoms with E-state index < -0.39 is 17.7 Å². The maximum Gasteiger partial charge on any atom is 0.261 e. The number of anilines is 1. The van der Waals surface area contributed by atoms with Gasteiger partial charge in [-0.2, -0.15) is 0 Å². The van der Waals surface area contributed by atoms with Crippen LogP contribution < -0.4 is 10.6 Å². The van der Waals surface area contributed by atoms with Gasteiger partial charge in [-0.1, -0.05) is 0 Å². The maximum atomic E-state index is 12.0. The zero-order valence-corrected chi connectivity index (χ0v) is 11.3. The lowest BCUT2D eigenvalue weighted by molar-refractivity contribution is -0.123. The van der Waals surface area contributed by atoms with Gasteiger partial charge in [0.1, 0.15) is 0 Å². The second-order valence-electron chi connectivity index (χ2n) is 5.21. The Morgan fingerprint density at radius 3 is 2.48 bits per heavy atom. The lowest BCUT2D eigenvalue weighted by atomic mass is 10.1. The van der Waals surface area contributed by atoms with Crippen LogP contribution >= 0.6 is 0 Å². The summed E-state index contributed by atoms with van der Waals surface area (Å²) in [5.74, 6) is -2.01. The molecule has 1 unspecified atom stereocenters. The van der Waals surface area contributed by atoms with Crippen LogP contribution in [-0.4, -0.2) is 42.1 Å². The summed E-state index contributed by atoms with van der Waals surface area (Å²) in [5.41, 5.74) is 6.32. The first-order valence-electron chi connectivity index (χ1n) is 6.46. The van der Waals surface area contributed by atoms with E-state index in [0.29, 0.717) is 11.3 Å². The Labute approximate surface area is 120 Å². The molecule has 1 fully saturated rings. The minimum Gasteiger partial charge on any atom is -0.369 e. The summed E-state index contributed by atoms with van der Waals surface area (Å²) in [6.07, 6.45) is 0.0686. The van der Waals surface area contributed by atoms with Crippen LogP contribution in [0.5, 0.6) is 0 Å². The molecule has 2 aliphatic heterocycles. The molecule has 0 bridgehead atoms. The Balaban J connectivity index is 1.96. The van der Waals surface area contributed by atoms with Gasteiger partial charge in [-0.05, 0) is 18.2 Å². The molecule has 2 heterocycles. The molecule has 0 spiro atoms. The van der Waals surface area contributed by atoms with Crippen molar-refractivity contribution < 1.29 is 19.2 Å². The molecular weight excluding hydrogens is 274 g/mol. The Morgan fingerprint density at radius 1 is 1.19 bits per heavy atom. The van der Waals surface area contributed by atoms with E-state index in [9.17, 15) is 19.2 Å². The van der Waals surface area contributed by atoms with Crippen molar-refractivity contribution in [2.24, 2.45) is 11.7 Å². The highest BCUT2D eigenvalue weighted by Crippen LogP contribution is 2.30. The lowest BCUT2D eigenvalue weighted by Crippen LogP contribution is -2.28. The molecule has 108 valence electrons. The molecule has 0 radical (unpaired) electrons. The van der Waals surface area contributed by atoms with Gasteiger partial charge in [0.05, 0.1) is 17.0 Å². The molecule has 7 heteroatoms. The van der Waals surface area contributed by atoms with Crippen LogP contribution in [-0.2, 0) is 9.59 Å². The van der Waals surface area contributed by atoms with E-state index in [2.05, 4.69) is 0 Å². The van der Waals surface area contributed by atoms with Crippen molar-refractivity contribution in [3.05, 3.63) is 29.3 Å². The number of primary amides is 1. The van der Waals surface area contributed by atoms with Gasteiger partial charge in [-0.3, -0.25) is 24.1 Å². The molecule has 1 aromatic rings. The highest BCUT2D eigenvalue weighted by atomic mass is 16.2. The molecule has 7 nitrogen and oxygen atoms in total. The second-order valence-corrected chi connectivity index (χ2v) is 5.21. The van der Waals surface area contributed by atoms with Crippen LogP contribution in [0.2, 0.25) is 0 Å². The van der Waals surface area contributed by atoms with Gasteiger partial charge in [0.25, 0.3) is 11.8 Å². The molecule has 1 saturated heterocycles. The summed E-state index contributed by atoms with van der Waals surface area (Å²) in [7, 11) is 1.41. The first-order chi connectivity index (χ1) is 9.90. The topological polar surface area (TPSA) is 101 Å². The molecular formula is C14H13N3O4. The van der Waals surface area contributed by atoms with Crippen molar-refractivity contribution in [3.63, 3.8) is 0 Å². The monoisotopic (exact) mass is 287 g/mol. The van der Waals surface area contributed by atoms with Crippen molar-refractivity contribution in [1.82, 2.24) is 4.90 Å².